The molecule has 0 aliphatic carbocycles. The number of aliphatic imine (C=N–C) groups is 1. The van der Waals surface area contributed by atoms with Crippen molar-refractivity contribution in [3.63, 3.8) is 0 Å². The summed E-state index contributed by atoms with van der Waals surface area (Å²) in [5, 5.41) is 9.95. The molecule has 4 rings (SSSR count). The van der Waals surface area contributed by atoms with Gasteiger partial charge in [0, 0.05) is 27.4 Å². The first-order valence-electron chi connectivity index (χ1n) is 9.26. The quantitative estimate of drug-likeness (QED) is 0.303. The van der Waals surface area contributed by atoms with Crippen LogP contribution in [0.5, 0.6) is 5.75 Å². The third kappa shape index (κ3) is 3.91. The van der Waals surface area contributed by atoms with Crippen molar-refractivity contribution >= 4 is 28.0 Å². The highest BCUT2D eigenvalue weighted by molar-refractivity contribution is 9.10. The highest BCUT2D eigenvalue weighted by Crippen LogP contribution is 2.42. The Balaban J connectivity index is 1.89. The van der Waals surface area contributed by atoms with Gasteiger partial charge in [0.15, 0.2) is 0 Å². The van der Waals surface area contributed by atoms with Crippen molar-refractivity contribution in [2.75, 3.05) is 7.11 Å². The normalized spacial score (nSPS) is 10.8. The molecule has 4 aromatic rings. The summed E-state index contributed by atoms with van der Waals surface area (Å²) in [6.45, 7) is 0. The molecule has 0 aliphatic rings. The Bertz CT molecular complexity index is 1240. The molecule has 1 aromatic heterocycles. The third-order valence-corrected chi connectivity index (χ3v) is 5.11. The molecule has 1 heterocycles. The van der Waals surface area contributed by atoms with E-state index in [-0.39, 0.29) is 5.88 Å². The standard InChI is InChI=1S/C25H17BrN2O2/c1-29-22-13-12-20(26)14-19(22)16-28-25-21(15-27)23(17-8-4-2-5-9-17)24(30-25)18-10-6-3-7-11-18/h2-14,16H,1H3/b28-16+. The maximum Gasteiger partial charge on any atom is 0.238 e. The molecule has 0 bridgehead atoms. The van der Waals surface area contributed by atoms with Gasteiger partial charge in [-0.05, 0) is 23.8 Å². The summed E-state index contributed by atoms with van der Waals surface area (Å²) in [6, 6.07) is 27.4. The lowest BCUT2D eigenvalue weighted by molar-refractivity contribution is 0.414. The van der Waals surface area contributed by atoms with Gasteiger partial charge in [0.2, 0.25) is 5.88 Å². The van der Waals surface area contributed by atoms with Crippen molar-refractivity contribution < 1.29 is 9.15 Å². The number of rotatable bonds is 5. The van der Waals surface area contributed by atoms with Crippen LogP contribution in [-0.2, 0) is 0 Å². The number of ether oxygens (including phenoxy) is 1. The topological polar surface area (TPSA) is 58.5 Å². The molecule has 0 saturated carbocycles. The first-order valence-corrected chi connectivity index (χ1v) is 10.1. The van der Waals surface area contributed by atoms with Crippen molar-refractivity contribution in [2.45, 2.75) is 0 Å². The molecule has 0 N–H and O–H groups in total. The highest BCUT2D eigenvalue weighted by atomic mass is 79.9. The van der Waals surface area contributed by atoms with Crippen LogP contribution in [0.15, 0.2) is 92.7 Å². The van der Waals surface area contributed by atoms with Crippen LogP contribution in [0.4, 0.5) is 5.88 Å². The lowest BCUT2D eigenvalue weighted by Crippen LogP contribution is -1.90. The molecule has 0 spiro atoms. The van der Waals surface area contributed by atoms with Gasteiger partial charge < -0.3 is 9.15 Å². The number of methoxy groups -OCH3 is 1. The van der Waals surface area contributed by atoms with Crippen molar-refractivity contribution in [3.05, 3.63) is 94.5 Å². The van der Waals surface area contributed by atoms with Crippen molar-refractivity contribution in [3.8, 4) is 34.3 Å². The lowest BCUT2D eigenvalue weighted by Gasteiger charge is -2.04. The molecule has 146 valence electrons. The summed E-state index contributed by atoms with van der Waals surface area (Å²) in [5.41, 5.74) is 3.69. The van der Waals surface area contributed by atoms with Crippen LogP contribution in [0.25, 0.3) is 22.5 Å². The van der Waals surface area contributed by atoms with E-state index in [9.17, 15) is 5.26 Å². The number of furan rings is 1. The molecule has 0 amide bonds. The first-order chi connectivity index (χ1) is 14.7. The molecule has 0 unspecified atom stereocenters. The van der Waals surface area contributed by atoms with E-state index in [0.29, 0.717) is 17.1 Å². The molecule has 0 atom stereocenters. The molecule has 0 fully saturated rings. The molecule has 30 heavy (non-hydrogen) atoms. The monoisotopic (exact) mass is 456 g/mol. The zero-order valence-corrected chi connectivity index (χ0v) is 17.8. The average Bonchev–Trinajstić information content (AvgIpc) is 3.17. The third-order valence-electron chi connectivity index (χ3n) is 4.61. The van der Waals surface area contributed by atoms with Crippen LogP contribution in [0.2, 0.25) is 0 Å². The largest absolute Gasteiger partial charge is 0.496 e. The van der Waals surface area contributed by atoms with E-state index >= 15 is 0 Å². The average molecular weight is 457 g/mol. The molecule has 4 nitrogen and oxygen atoms in total. The van der Waals surface area contributed by atoms with Crippen LogP contribution in [-0.4, -0.2) is 13.3 Å². The molecule has 0 saturated heterocycles. The molecular weight excluding hydrogens is 440 g/mol. The molecule has 0 aliphatic heterocycles. The van der Waals surface area contributed by atoms with Gasteiger partial charge in [-0.1, -0.05) is 76.6 Å². The van der Waals surface area contributed by atoms with Gasteiger partial charge in [0.05, 0.1) is 7.11 Å². The van der Waals surface area contributed by atoms with Gasteiger partial charge in [-0.3, -0.25) is 0 Å². The molecule has 3 aromatic carbocycles. The Kier molecular flexibility index (Phi) is 5.78. The molecule has 5 heteroatoms. The summed E-state index contributed by atoms with van der Waals surface area (Å²) in [5.74, 6) is 1.56. The van der Waals surface area contributed by atoms with Gasteiger partial charge in [0.25, 0.3) is 0 Å². The van der Waals surface area contributed by atoms with E-state index in [1.54, 1.807) is 13.3 Å². The maximum atomic E-state index is 9.95. The minimum Gasteiger partial charge on any atom is -0.496 e. The maximum absolute atomic E-state index is 9.95. The second kappa shape index (κ2) is 8.81. The number of halogens is 1. The number of hydrogen-bond acceptors (Lipinski definition) is 4. The van der Waals surface area contributed by atoms with Crippen LogP contribution in [0, 0.1) is 11.3 Å². The Morgan fingerprint density at radius 1 is 0.967 bits per heavy atom. The SMILES string of the molecule is COc1ccc(Br)cc1/C=N/c1oc(-c2ccccc2)c(-c2ccccc2)c1C#N. The number of hydrogen-bond donors (Lipinski definition) is 0. The summed E-state index contributed by atoms with van der Waals surface area (Å²) >= 11 is 3.46. The Labute approximate surface area is 183 Å². The number of benzene rings is 3. The van der Waals surface area contributed by atoms with E-state index in [4.69, 9.17) is 9.15 Å². The van der Waals surface area contributed by atoms with E-state index in [0.717, 1.165) is 26.7 Å². The fourth-order valence-electron chi connectivity index (χ4n) is 3.22. The smallest absolute Gasteiger partial charge is 0.238 e. The predicted molar refractivity (Wildman–Crippen MR) is 122 cm³/mol. The predicted octanol–water partition coefficient (Wildman–Crippen LogP) is 7.01. The summed E-state index contributed by atoms with van der Waals surface area (Å²) in [4.78, 5) is 4.51. The molecule has 0 radical (unpaired) electrons. The van der Waals surface area contributed by atoms with Crippen molar-refractivity contribution in [1.82, 2.24) is 0 Å². The van der Waals surface area contributed by atoms with Crippen LogP contribution in [0.1, 0.15) is 11.1 Å². The number of nitriles is 1. The van der Waals surface area contributed by atoms with Gasteiger partial charge in [-0.2, -0.15) is 5.26 Å². The zero-order chi connectivity index (χ0) is 20.9. The highest BCUT2D eigenvalue weighted by Gasteiger charge is 2.22. The van der Waals surface area contributed by atoms with Crippen molar-refractivity contribution in [2.24, 2.45) is 4.99 Å². The van der Waals surface area contributed by atoms with Crippen molar-refractivity contribution in [1.29, 1.82) is 5.26 Å². The fourth-order valence-corrected chi connectivity index (χ4v) is 3.60. The van der Waals surface area contributed by atoms with Crippen LogP contribution < -0.4 is 4.74 Å². The van der Waals surface area contributed by atoms with Gasteiger partial charge in [-0.15, -0.1) is 0 Å². The van der Waals surface area contributed by atoms with Crippen LogP contribution in [0.3, 0.4) is 0 Å². The Morgan fingerprint density at radius 2 is 1.63 bits per heavy atom. The van der Waals surface area contributed by atoms with E-state index < -0.39 is 0 Å². The van der Waals surface area contributed by atoms with Gasteiger partial charge >= 0.3 is 0 Å². The first kappa shape index (κ1) is 19.7. The minimum absolute atomic E-state index is 0.261. The summed E-state index contributed by atoms with van der Waals surface area (Å²) in [7, 11) is 1.61. The Hall–Kier alpha value is -3.62. The van der Waals surface area contributed by atoms with E-state index in [1.165, 1.54) is 0 Å². The van der Waals surface area contributed by atoms with E-state index in [1.807, 2.05) is 78.9 Å². The van der Waals surface area contributed by atoms with Gasteiger partial charge in [0.1, 0.15) is 23.1 Å². The molecular formula is C25H17BrN2O2. The minimum atomic E-state index is 0.261. The fraction of sp³-hybridized carbons (Fsp3) is 0.0400. The summed E-state index contributed by atoms with van der Waals surface area (Å²) < 4.78 is 12.4. The second-order valence-electron chi connectivity index (χ2n) is 6.47. The lowest BCUT2D eigenvalue weighted by atomic mass is 9.98. The van der Waals surface area contributed by atoms with E-state index in [2.05, 4.69) is 27.0 Å². The Morgan fingerprint density at radius 3 is 2.27 bits per heavy atom. The zero-order valence-electron chi connectivity index (χ0n) is 16.2. The van der Waals surface area contributed by atoms with Crippen LogP contribution >= 0.6 is 15.9 Å². The van der Waals surface area contributed by atoms with Gasteiger partial charge in [-0.25, -0.2) is 4.99 Å². The second-order valence-corrected chi connectivity index (χ2v) is 7.39. The number of nitrogens with zero attached hydrogens (tertiary/aromatic N) is 2. The summed E-state index contributed by atoms with van der Waals surface area (Å²) in [6.07, 6.45) is 1.65.